The van der Waals surface area contributed by atoms with Crippen LogP contribution in [0.25, 0.3) is 0 Å². The van der Waals surface area contributed by atoms with Gasteiger partial charge in [-0.25, -0.2) is 0 Å². The summed E-state index contributed by atoms with van der Waals surface area (Å²) in [4.78, 5) is 10.7. The van der Waals surface area contributed by atoms with Gasteiger partial charge < -0.3 is 18.9 Å². The van der Waals surface area contributed by atoms with Crippen LogP contribution in [0.5, 0.6) is 0 Å². The average Bonchev–Trinajstić information content (AvgIpc) is 2.37. The van der Waals surface area contributed by atoms with Crippen molar-refractivity contribution in [3.8, 4) is 0 Å². The van der Waals surface area contributed by atoms with Crippen LogP contribution >= 0.6 is 0 Å². The van der Waals surface area contributed by atoms with E-state index in [2.05, 4.69) is 6.92 Å². The third-order valence-corrected chi connectivity index (χ3v) is 2.88. The van der Waals surface area contributed by atoms with Crippen LogP contribution in [-0.2, 0) is 23.7 Å². The van der Waals surface area contributed by atoms with E-state index in [1.807, 2.05) is 0 Å². The molecule has 0 heterocycles. The second kappa shape index (κ2) is 11.3. The van der Waals surface area contributed by atoms with E-state index in [1.165, 1.54) is 0 Å². The van der Waals surface area contributed by atoms with E-state index in [9.17, 15) is 4.79 Å². The summed E-state index contributed by atoms with van der Waals surface area (Å²) in [5, 5.41) is 0. The molecule has 5 heteroatoms. The Balaban J connectivity index is 1.66. The molecule has 1 saturated carbocycles. The van der Waals surface area contributed by atoms with Crippen molar-refractivity contribution in [2.75, 3.05) is 46.2 Å². The lowest BCUT2D eigenvalue weighted by molar-refractivity contribution is -0.135. The summed E-state index contributed by atoms with van der Waals surface area (Å²) < 4.78 is 21.5. The molecule has 0 aliphatic heterocycles. The number of carbonyl (C=O) groups is 1. The van der Waals surface area contributed by atoms with Crippen LogP contribution in [0.2, 0.25) is 0 Å². The Kier molecular flexibility index (Phi) is 9.89. The SMILES string of the molecule is CCCCOCCOCCOCCOC1CC(=O)C1. The van der Waals surface area contributed by atoms with Crippen molar-refractivity contribution in [2.45, 2.75) is 38.7 Å². The van der Waals surface area contributed by atoms with Crippen LogP contribution in [0, 0.1) is 0 Å². The van der Waals surface area contributed by atoms with E-state index in [0.29, 0.717) is 58.3 Å². The van der Waals surface area contributed by atoms with Gasteiger partial charge in [0.25, 0.3) is 0 Å². The molecule has 1 aliphatic rings. The zero-order valence-electron chi connectivity index (χ0n) is 11.9. The standard InChI is InChI=1S/C14H26O5/c1-2-3-4-16-5-6-17-7-8-18-9-10-19-14-11-13(15)12-14/h14H,2-12H2,1H3. The number of hydrogen-bond acceptors (Lipinski definition) is 5. The van der Waals surface area contributed by atoms with Crippen LogP contribution in [-0.4, -0.2) is 58.1 Å². The summed E-state index contributed by atoms with van der Waals surface area (Å²) in [6.07, 6.45) is 3.54. The van der Waals surface area contributed by atoms with Gasteiger partial charge in [-0.1, -0.05) is 13.3 Å². The molecule has 0 unspecified atom stereocenters. The molecule has 0 saturated heterocycles. The highest BCUT2D eigenvalue weighted by atomic mass is 16.6. The van der Waals surface area contributed by atoms with Gasteiger partial charge in [-0.15, -0.1) is 0 Å². The normalized spacial score (nSPS) is 15.7. The Bertz CT molecular complexity index is 224. The lowest BCUT2D eigenvalue weighted by Crippen LogP contribution is -2.32. The highest BCUT2D eigenvalue weighted by molar-refractivity contribution is 5.85. The summed E-state index contributed by atoms with van der Waals surface area (Å²) in [5.74, 6) is 0.292. The van der Waals surface area contributed by atoms with Gasteiger partial charge in [0, 0.05) is 19.4 Å². The molecule has 0 N–H and O–H groups in total. The summed E-state index contributed by atoms with van der Waals surface area (Å²) in [6.45, 7) is 6.49. The number of ketones is 1. The number of rotatable bonds is 13. The minimum Gasteiger partial charge on any atom is -0.379 e. The summed E-state index contributed by atoms with van der Waals surface area (Å²) in [6, 6.07) is 0. The van der Waals surface area contributed by atoms with Gasteiger partial charge in [-0.3, -0.25) is 4.79 Å². The second-order valence-electron chi connectivity index (χ2n) is 4.63. The van der Waals surface area contributed by atoms with E-state index in [1.54, 1.807) is 0 Å². The maximum atomic E-state index is 10.7. The van der Waals surface area contributed by atoms with Gasteiger partial charge in [0.05, 0.1) is 45.7 Å². The first-order valence-corrected chi connectivity index (χ1v) is 7.19. The Labute approximate surface area is 115 Å². The maximum absolute atomic E-state index is 10.7. The van der Waals surface area contributed by atoms with E-state index in [-0.39, 0.29) is 6.10 Å². The van der Waals surface area contributed by atoms with Crippen molar-refractivity contribution in [3.05, 3.63) is 0 Å². The topological polar surface area (TPSA) is 54.0 Å². The predicted octanol–water partition coefficient (Wildman–Crippen LogP) is 1.58. The van der Waals surface area contributed by atoms with Crippen LogP contribution in [0.4, 0.5) is 0 Å². The maximum Gasteiger partial charge on any atom is 0.138 e. The van der Waals surface area contributed by atoms with Crippen LogP contribution < -0.4 is 0 Å². The second-order valence-corrected chi connectivity index (χ2v) is 4.63. The van der Waals surface area contributed by atoms with Crippen molar-refractivity contribution < 1.29 is 23.7 Å². The monoisotopic (exact) mass is 274 g/mol. The molecule has 0 aromatic rings. The van der Waals surface area contributed by atoms with Gasteiger partial charge >= 0.3 is 0 Å². The van der Waals surface area contributed by atoms with E-state index >= 15 is 0 Å². The first-order chi connectivity index (χ1) is 9.33. The van der Waals surface area contributed by atoms with Crippen molar-refractivity contribution in [1.82, 2.24) is 0 Å². The fourth-order valence-corrected chi connectivity index (χ4v) is 1.63. The predicted molar refractivity (Wildman–Crippen MR) is 71.3 cm³/mol. The van der Waals surface area contributed by atoms with Gasteiger partial charge in [0.1, 0.15) is 5.78 Å². The third kappa shape index (κ3) is 9.10. The molecule has 0 aromatic heterocycles. The minimum absolute atomic E-state index is 0.132. The largest absolute Gasteiger partial charge is 0.379 e. The molecular formula is C14H26O5. The van der Waals surface area contributed by atoms with E-state index in [0.717, 1.165) is 19.4 Å². The zero-order chi connectivity index (χ0) is 13.8. The smallest absolute Gasteiger partial charge is 0.138 e. The Morgan fingerprint density at radius 1 is 0.895 bits per heavy atom. The van der Waals surface area contributed by atoms with Gasteiger partial charge in [-0.2, -0.15) is 0 Å². The number of carbonyl (C=O) groups excluding carboxylic acids is 1. The van der Waals surface area contributed by atoms with E-state index < -0.39 is 0 Å². The quantitative estimate of drug-likeness (QED) is 0.477. The van der Waals surface area contributed by atoms with Crippen molar-refractivity contribution >= 4 is 5.78 Å². The molecule has 0 radical (unpaired) electrons. The first kappa shape index (κ1) is 16.6. The molecule has 112 valence electrons. The lowest BCUT2D eigenvalue weighted by atomic mass is 9.94. The van der Waals surface area contributed by atoms with Crippen molar-refractivity contribution in [1.29, 1.82) is 0 Å². The first-order valence-electron chi connectivity index (χ1n) is 7.19. The van der Waals surface area contributed by atoms with Gasteiger partial charge in [-0.05, 0) is 6.42 Å². The number of hydrogen-bond donors (Lipinski definition) is 0. The van der Waals surface area contributed by atoms with Crippen molar-refractivity contribution in [3.63, 3.8) is 0 Å². The van der Waals surface area contributed by atoms with Crippen LogP contribution in [0.3, 0.4) is 0 Å². The van der Waals surface area contributed by atoms with Crippen molar-refractivity contribution in [2.24, 2.45) is 0 Å². The highest BCUT2D eigenvalue weighted by Crippen LogP contribution is 2.17. The molecule has 5 nitrogen and oxygen atoms in total. The molecule has 1 aliphatic carbocycles. The van der Waals surface area contributed by atoms with Gasteiger partial charge in [0.2, 0.25) is 0 Å². The minimum atomic E-state index is 0.132. The molecular weight excluding hydrogens is 248 g/mol. The van der Waals surface area contributed by atoms with Crippen LogP contribution in [0.15, 0.2) is 0 Å². The Morgan fingerprint density at radius 2 is 1.42 bits per heavy atom. The molecule has 1 fully saturated rings. The zero-order valence-corrected chi connectivity index (χ0v) is 11.9. The number of unbranched alkanes of at least 4 members (excludes halogenated alkanes) is 1. The summed E-state index contributed by atoms with van der Waals surface area (Å²) in [5.41, 5.74) is 0. The average molecular weight is 274 g/mol. The number of ether oxygens (including phenoxy) is 4. The Morgan fingerprint density at radius 3 is 1.95 bits per heavy atom. The van der Waals surface area contributed by atoms with Gasteiger partial charge in [0.15, 0.2) is 0 Å². The molecule has 0 bridgehead atoms. The number of Topliss-reactive ketones (excluding diaryl/α,β-unsaturated/α-hetero) is 1. The van der Waals surface area contributed by atoms with E-state index in [4.69, 9.17) is 18.9 Å². The third-order valence-electron chi connectivity index (χ3n) is 2.88. The Hall–Kier alpha value is -0.490. The molecule has 0 amide bonds. The molecule has 1 rings (SSSR count). The molecule has 19 heavy (non-hydrogen) atoms. The highest BCUT2D eigenvalue weighted by Gasteiger charge is 2.26. The summed E-state index contributed by atoms with van der Waals surface area (Å²) in [7, 11) is 0. The molecule has 0 atom stereocenters. The lowest BCUT2D eigenvalue weighted by Gasteiger charge is -2.24. The van der Waals surface area contributed by atoms with Crippen LogP contribution in [0.1, 0.15) is 32.6 Å². The summed E-state index contributed by atoms with van der Waals surface area (Å²) >= 11 is 0. The fraction of sp³-hybridized carbons (Fsp3) is 0.929. The molecule has 0 aromatic carbocycles. The molecule has 0 spiro atoms. The fourth-order valence-electron chi connectivity index (χ4n) is 1.63.